The molecule has 0 amide bonds. The highest BCUT2D eigenvalue weighted by molar-refractivity contribution is 6.08. The van der Waals surface area contributed by atoms with Gasteiger partial charge in [0, 0.05) is 19.5 Å². The van der Waals surface area contributed by atoms with E-state index in [1.54, 1.807) is 6.07 Å². The van der Waals surface area contributed by atoms with E-state index in [1.807, 2.05) is 18.2 Å². The first-order valence-corrected chi connectivity index (χ1v) is 13.4. The average Bonchev–Trinajstić information content (AvgIpc) is 3.34. The van der Waals surface area contributed by atoms with Crippen molar-refractivity contribution in [3.8, 4) is 0 Å². The smallest absolute Gasteiger partial charge is 0.339 e. The summed E-state index contributed by atoms with van der Waals surface area (Å²) >= 11 is 0. The number of hydrogen-bond acceptors (Lipinski definition) is 7. The van der Waals surface area contributed by atoms with E-state index < -0.39 is 35.2 Å². The number of benzene rings is 2. The molecule has 2 aromatic heterocycles. The van der Waals surface area contributed by atoms with Crippen LogP contribution >= 0.6 is 0 Å². The van der Waals surface area contributed by atoms with Crippen LogP contribution in [-0.2, 0) is 30.7 Å². The topological polar surface area (TPSA) is 126 Å². The quantitative estimate of drug-likeness (QED) is 0.293. The van der Waals surface area contributed by atoms with Gasteiger partial charge in [-0.1, -0.05) is 63.2 Å². The molecule has 0 bridgehead atoms. The van der Waals surface area contributed by atoms with Crippen LogP contribution in [0, 0.1) is 0 Å². The molecule has 0 saturated heterocycles. The molecule has 1 aliphatic rings. The second-order valence-corrected chi connectivity index (χ2v) is 11.3. The van der Waals surface area contributed by atoms with Gasteiger partial charge in [-0.15, -0.1) is 0 Å². The second-order valence-electron chi connectivity index (χ2n) is 11.3. The normalized spacial score (nSPS) is 13.9. The highest BCUT2D eigenvalue weighted by Gasteiger charge is 2.29. The number of carbonyl (C=O) groups is 2. The third-order valence-corrected chi connectivity index (χ3v) is 7.59. The molecule has 4 aromatic rings. The van der Waals surface area contributed by atoms with Gasteiger partial charge < -0.3 is 10.5 Å². The Labute approximate surface area is 236 Å². The van der Waals surface area contributed by atoms with Gasteiger partial charge in [0.2, 0.25) is 5.78 Å². The predicted octanol–water partition coefficient (Wildman–Crippen LogP) is 4.04. The van der Waals surface area contributed by atoms with Crippen LogP contribution < -0.4 is 17.0 Å². The van der Waals surface area contributed by atoms with Crippen LogP contribution in [0.2, 0.25) is 0 Å². The largest absolute Gasteiger partial charge is 0.454 e. The predicted molar refractivity (Wildman–Crippen MR) is 159 cm³/mol. The Morgan fingerprint density at radius 2 is 1.66 bits per heavy atom. The molecule has 9 heteroatoms. The summed E-state index contributed by atoms with van der Waals surface area (Å²) in [6.45, 7) is 5.82. The second kappa shape index (κ2) is 10.3. The zero-order chi connectivity index (χ0) is 29.6. The van der Waals surface area contributed by atoms with E-state index in [2.05, 4.69) is 51.1 Å². The Bertz CT molecular complexity index is 1870. The van der Waals surface area contributed by atoms with E-state index in [9.17, 15) is 19.2 Å². The molecule has 41 heavy (non-hydrogen) atoms. The molecule has 210 valence electrons. The highest BCUT2D eigenvalue weighted by atomic mass is 16.5. The zero-order valence-electron chi connectivity index (χ0n) is 23.8. The standard InChI is InChI=1S/C32H32N4O5/c1-32(2,3)20-13-10-18(11-14-20)16-19-12-15-22-25(21-8-6-7-9-23(21)34-27(19)22)30(39)41-17-24(37)26-28(33)35(4)31(40)36(5)29(26)38/h6-11,13-14,16H,12,15,17,33H2,1-5H3/b19-16-. The summed E-state index contributed by atoms with van der Waals surface area (Å²) in [5, 5.41) is 0.622. The summed E-state index contributed by atoms with van der Waals surface area (Å²) < 4.78 is 7.26. The molecule has 0 saturated carbocycles. The van der Waals surface area contributed by atoms with Crippen LogP contribution in [-0.4, -0.2) is 32.5 Å². The van der Waals surface area contributed by atoms with Crippen molar-refractivity contribution in [2.45, 2.75) is 39.0 Å². The maximum absolute atomic E-state index is 13.5. The Morgan fingerprint density at radius 3 is 2.34 bits per heavy atom. The van der Waals surface area contributed by atoms with Crippen LogP contribution in [0.5, 0.6) is 0 Å². The number of rotatable bonds is 5. The lowest BCUT2D eigenvalue weighted by molar-refractivity contribution is 0.0475. The number of carbonyl (C=O) groups excluding carboxylic acids is 2. The molecule has 0 unspecified atom stereocenters. The Kier molecular flexibility index (Phi) is 6.98. The summed E-state index contributed by atoms with van der Waals surface area (Å²) in [5.41, 5.74) is 9.85. The number of pyridine rings is 1. The lowest BCUT2D eigenvalue weighted by atomic mass is 9.86. The number of nitrogens with zero attached hydrogens (tertiary/aromatic N) is 3. The van der Waals surface area contributed by atoms with E-state index in [4.69, 9.17) is 15.5 Å². The Balaban J connectivity index is 1.49. The number of ether oxygens (including phenoxy) is 1. The van der Waals surface area contributed by atoms with Gasteiger partial charge in [0.1, 0.15) is 11.4 Å². The number of allylic oxidation sites excluding steroid dienone is 1. The summed E-state index contributed by atoms with van der Waals surface area (Å²) in [7, 11) is 2.61. The van der Waals surface area contributed by atoms with Crippen molar-refractivity contribution in [3.63, 3.8) is 0 Å². The molecule has 2 aromatic carbocycles. The first-order valence-electron chi connectivity index (χ1n) is 13.4. The maximum atomic E-state index is 13.5. The molecule has 1 aliphatic carbocycles. The summed E-state index contributed by atoms with van der Waals surface area (Å²) in [5.74, 6) is -1.76. The van der Waals surface area contributed by atoms with Crippen LogP contribution in [0.1, 0.15) is 70.3 Å². The minimum absolute atomic E-state index is 0.0541. The Hall–Kier alpha value is -4.79. The van der Waals surface area contributed by atoms with Crippen LogP contribution in [0.3, 0.4) is 0 Å². The molecular weight excluding hydrogens is 520 g/mol. The number of Topliss-reactive ketones (excluding diaryl/α,β-unsaturated/α-hetero) is 1. The number of anilines is 1. The van der Waals surface area contributed by atoms with Crippen molar-refractivity contribution >= 4 is 40.1 Å². The van der Waals surface area contributed by atoms with Crippen LogP contribution in [0.25, 0.3) is 22.6 Å². The number of ketones is 1. The molecule has 0 fully saturated rings. The number of nitrogen functional groups attached to an aromatic ring is 1. The van der Waals surface area contributed by atoms with E-state index in [1.165, 1.54) is 19.7 Å². The molecule has 5 rings (SSSR count). The monoisotopic (exact) mass is 552 g/mol. The van der Waals surface area contributed by atoms with Gasteiger partial charge in [0.25, 0.3) is 5.56 Å². The summed E-state index contributed by atoms with van der Waals surface area (Å²) in [6, 6.07) is 15.7. The fraction of sp³-hybridized carbons (Fsp3) is 0.281. The number of nitrogens with two attached hydrogens (primary N) is 1. The molecule has 9 nitrogen and oxygen atoms in total. The number of esters is 1. The molecule has 2 N–H and O–H groups in total. The van der Waals surface area contributed by atoms with Gasteiger partial charge in [0.05, 0.1) is 16.8 Å². The maximum Gasteiger partial charge on any atom is 0.339 e. The summed E-state index contributed by atoms with van der Waals surface area (Å²) in [4.78, 5) is 56.1. The fourth-order valence-corrected chi connectivity index (χ4v) is 5.19. The van der Waals surface area contributed by atoms with Gasteiger partial charge >= 0.3 is 11.7 Å². The van der Waals surface area contributed by atoms with Gasteiger partial charge in [0.15, 0.2) is 6.61 Å². The van der Waals surface area contributed by atoms with Gasteiger partial charge in [-0.05, 0) is 52.7 Å². The van der Waals surface area contributed by atoms with E-state index >= 15 is 0 Å². The third kappa shape index (κ3) is 4.99. The lowest BCUT2D eigenvalue weighted by Gasteiger charge is -2.18. The van der Waals surface area contributed by atoms with E-state index in [0.717, 1.165) is 31.5 Å². The van der Waals surface area contributed by atoms with Crippen molar-refractivity contribution in [1.29, 1.82) is 0 Å². The minimum Gasteiger partial charge on any atom is -0.454 e. The number of aromatic nitrogens is 3. The van der Waals surface area contributed by atoms with E-state index in [-0.39, 0.29) is 11.2 Å². The summed E-state index contributed by atoms with van der Waals surface area (Å²) in [6.07, 6.45) is 3.38. The van der Waals surface area contributed by atoms with Crippen molar-refractivity contribution in [1.82, 2.24) is 14.1 Å². The van der Waals surface area contributed by atoms with Gasteiger partial charge in [-0.3, -0.25) is 18.7 Å². The van der Waals surface area contributed by atoms with Crippen LogP contribution in [0.15, 0.2) is 58.1 Å². The first kappa shape index (κ1) is 27.8. The molecule has 0 radical (unpaired) electrons. The molecular formula is C32H32N4O5. The van der Waals surface area contributed by atoms with Crippen molar-refractivity contribution in [3.05, 3.63) is 103 Å². The molecule has 2 heterocycles. The average molecular weight is 553 g/mol. The van der Waals surface area contributed by atoms with Crippen molar-refractivity contribution in [2.75, 3.05) is 12.3 Å². The van der Waals surface area contributed by atoms with Gasteiger partial charge in [-0.25, -0.2) is 14.6 Å². The zero-order valence-corrected chi connectivity index (χ0v) is 23.8. The van der Waals surface area contributed by atoms with Gasteiger partial charge in [-0.2, -0.15) is 0 Å². The number of fused-ring (bicyclic) bond motifs is 2. The van der Waals surface area contributed by atoms with E-state index in [0.29, 0.717) is 29.3 Å². The molecule has 0 atom stereocenters. The minimum atomic E-state index is -0.841. The third-order valence-electron chi connectivity index (χ3n) is 7.59. The number of para-hydroxylation sites is 1. The fourth-order valence-electron chi connectivity index (χ4n) is 5.19. The first-order chi connectivity index (χ1) is 19.4. The Morgan fingerprint density at radius 1 is 0.976 bits per heavy atom. The van der Waals surface area contributed by atoms with Crippen molar-refractivity contribution in [2.24, 2.45) is 14.1 Å². The molecule has 0 aliphatic heterocycles. The number of hydrogen-bond donors (Lipinski definition) is 1. The van der Waals surface area contributed by atoms with Crippen molar-refractivity contribution < 1.29 is 14.3 Å². The SMILES string of the molecule is Cn1c(N)c(C(=O)COC(=O)c2c3c(nc4ccccc24)/C(=C\c2ccc(C(C)(C)C)cc2)CC3)c(=O)n(C)c1=O. The highest BCUT2D eigenvalue weighted by Crippen LogP contribution is 2.38. The lowest BCUT2D eigenvalue weighted by Crippen LogP contribution is -2.42. The van der Waals surface area contributed by atoms with Crippen LogP contribution in [0.4, 0.5) is 5.82 Å². The molecule has 0 spiro atoms.